The Morgan fingerprint density at radius 2 is 1.91 bits per heavy atom. The lowest BCUT2D eigenvalue weighted by molar-refractivity contribution is -0.121. The highest BCUT2D eigenvalue weighted by molar-refractivity contribution is 6.01. The fourth-order valence-electron chi connectivity index (χ4n) is 2.64. The third-order valence-corrected chi connectivity index (χ3v) is 4.03. The van der Waals surface area contributed by atoms with Gasteiger partial charge < -0.3 is 16.4 Å². The largest absolute Gasteiger partial charge is 0.352 e. The molecule has 2 amide bonds. The van der Waals surface area contributed by atoms with E-state index < -0.39 is 5.54 Å². The molecule has 1 aromatic carbocycles. The number of halogens is 1. The van der Waals surface area contributed by atoms with Crippen molar-refractivity contribution in [2.75, 3.05) is 11.9 Å². The minimum atomic E-state index is -0.770. The SMILES string of the molecule is CCNC(=O)c1ccc(C)c(NC(=O)C2(N)CCCC2)c1.Cl. The second-order valence-electron chi connectivity index (χ2n) is 5.71. The molecule has 2 rings (SSSR count). The molecule has 0 unspecified atom stereocenters. The number of anilines is 1. The van der Waals surface area contributed by atoms with E-state index in [-0.39, 0.29) is 24.2 Å². The summed E-state index contributed by atoms with van der Waals surface area (Å²) >= 11 is 0. The monoisotopic (exact) mass is 325 g/mol. The van der Waals surface area contributed by atoms with Gasteiger partial charge in [-0.3, -0.25) is 9.59 Å². The fraction of sp³-hybridized carbons (Fsp3) is 0.500. The third kappa shape index (κ3) is 3.99. The predicted molar refractivity (Wildman–Crippen MR) is 90.5 cm³/mol. The maximum Gasteiger partial charge on any atom is 0.251 e. The van der Waals surface area contributed by atoms with E-state index in [2.05, 4.69) is 10.6 Å². The summed E-state index contributed by atoms with van der Waals surface area (Å²) in [6, 6.07) is 5.29. The molecule has 0 radical (unpaired) electrons. The van der Waals surface area contributed by atoms with E-state index in [1.165, 1.54) is 0 Å². The van der Waals surface area contributed by atoms with Crippen LogP contribution in [0.2, 0.25) is 0 Å². The number of aryl methyl sites for hydroxylation is 1. The topological polar surface area (TPSA) is 84.2 Å². The van der Waals surface area contributed by atoms with Gasteiger partial charge in [0.15, 0.2) is 0 Å². The first-order chi connectivity index (χ1) is 9.96. The summed E-state index contributed by atoms with van der Waals surface area (Å²) in [5, 5.41) is 5.63. The molecule has 0 spiro atoms. The zero-order chi connectivity index (χ0) is 15.5. The second kappa shape index (κ2) is 7.61. The normalized spacial score (nSPS) is 15.8. The van der Waals surface area contributed by atoms with Gasteiger partial charge in [-0.15, -0.1) is 12.4 Å². The Balaban J connectivity index is 0.00000242. The van der Waals surface area contributed by atoms with Gasteiger partial charge in [-0.1, -0.05) is 18.9 Å². The van der Waals surface area contributed by atoms with Crippen molar-refractivity contribution in [1.82, 2.24) is 5.32 Å². The number of carbonyl (C=O) groups excluding carboxylic acids is 2. The third-order valence-electron chi connectivity index (χ3n) is 4.03. The van der Waals surface area contributed by atoms with Crippen molar-refractivity contribution < 1.29 is 9.59 Å². The van der Waals surface area contributed by atoms with Crippen LogP contribution in [0.4, 0.5) is 5.69 Å². The summed E-state index contributed by atoms with van der Waals surface area (Å²) < 4.78 is 0. The van der Waals surface area contributed by atoms with Crippen molar-refractivity contribution in [2.45, 2.75) is 45.1 Å². The molecular formula is C16H24ClN3O2. The summed E-state index contributed by atoms with van der Waals surface area (Å²) in [5.41, 5.74) is 7.49. The molecular weight excluding hydrogens is 302 g/mol. The maximum atomic E-state index is 12.4. The molecule has 1 saturated carbocycles. The van der Waals surface area contributed by atoms with E-state index in [9.17, 15) is 9.59 Å². The molecule has 4 N–H and O–H groups in total. The van der Waals surface area contributed by atoms with Crippen LogP contribution in [0.15, 0.2) is 18.2 Å². The smallest absolute Gasteiger partial charge is 0.251 e. The molecule has 6 heteroatoms. The number of nitrogens with two attached hydrogens (primary N) is 1. The lowest BCUT2D eigenvalue weighted by Crippen LogP contribution is -2.48. The van der Waals surface area contributed by atoms with E-state index in [0.717, 1.165) is 18.4 Å². The first-order valence-corrected chi connectivity index (χ1v) is 7.45. The zero-order valence-electron chi connectivity index (χ0n) is 13.1. The molecule has 0 saturated heterocycles. The van der Waals surface area contributed by atoms with E-state index in [0.29, 0.717) is 30.6 Å². The Morgan fingerprint density at radius 3 is 2.50 bits per heavy atom. The molecule has 0 heterocycles. The molecule has 0 aliphatic heterocycles. The van der Waals surface area contributed by atoms with Gasteiger partial charge in [-0.05, 0) is 44.4 Å². The summed E-state index contributed by atoms with van der Waals surface area (Å²) in [6.45, 7) is 4.34. The average molecular weight is 326 g/mol. The number of carbonyl (C=O) groups is 2. The first-order valence-electron chi connectivity index (χ1n) is 7.45. The molecule has 0 bridgehead atoms. The number of nitrogens with one attached hydrogen (secondary N) is 2. The van der Waals surface area contributed by atoms with E-state index in [1.54, 1.807) is 12.1 Å². The van der Waals surface area contributed by atoms with E-state index in [4.69, 9.17) is 5.73 Å². The number of benzene rings is 1. The quantitative estimate of drug-likeness (QED) is 0.794. The van der Waals surface area contributed by atoms with Crippen LogP contribution in [0.3, 0.4) is 0 Å². The van der Waals surface area contributed by atoms with Crippen LogP contribution in [0.1, 0.15) is 48.5 Å². The molecule has 0 atom stereocenters. The van der Waals surface area contributed by atoms with E-state index in [1.807, 2.05) is 19.9 Å². The molecule has 1 fully saturated rings. The minimum Gasteiger partial charge on any atom is -0.352 e. The minimum absolute atomic E-state index is 0. The lowest BCUT2D eigenvalue weighted by Gasteiger charge is -2.23. The number of rotatable bonds is 4. The summed E-state index contributed by atoms with van der Waals surface area (Å²) in [4.78, 5) is 24.2. The molecule has 1 aliphatic rings. The highest BCUT2D eigenvalue weighted by Crippen LogP contribution is 2.29. The molecule has 0 aromatic heterocycles. The van der Waals surface area contributed by atoms with Crippen LogP contribution < -0.4 is 16.4 Å². The molecule has 5 nitrogen and oxygen atoms in total. The van der Waals surface area contributed by atoms with Gasteiger partial charge in [0, 0.05) is 17.8 Å². The maximum absolute atomic E-state index is 12.4. The zero-order valence-corrected chi connectivity index (χ0v) is 13.9. The van der Waals surface area contributed by atoms with Gasteiger partial charge >= 0.3 is 0 Å². The summed E-state index contributed by atoms with van der Waals surface area (Å²) in [5.74, 6) is -0.299. The molecule has 22 heavy (non-hydrogen) atoms. The molecule has 1 aliphatic carbocycles. The highest BCUT2D eigenvalue weighted by atomic mass is 35.5. The van der Waals surface area contributed by atoms with Crippen LogP contribution in [0.5, 0.6) is 0 Å². The summed E-state index contributed by atoms with van der Waals surface area (Å²) in [7, 11) is 0. The van der Waals surface area contributed by atoms with Gasteiger partial charge in [0.1, 0.15) is 0 Å². The Bertz CT molecular complexity index is 554. The molecule has 1 aromatic rings. The van der Waals surface area contributed by atoms with Gasteiger partial charge in [0.2, 0.25) is 5.91 Å². The second-order valence-corrected chi connectivity index (χ2v) is 5.71. The van der Waals surface area contributed by atoms with Crippen molar-refractivity contribution in [2.24, 2.45) is 5.73 Å². The number of hydrogen-bond donors (Lipinski definition) is 3. The van der Waals surface area contributed by atoms with Crippen LogP contribution in [-0.2, 0) is 4.79 Å². The van der Waals surface area contributed by atoms with Crippen LogP contribution >= 0.6 is 12.4 Å². The lowest BCUT2D eigenvalue weighted by atomic mass is 9.97. The van der Waals surface area contributed by atoms with Crippen LogP contribution in [0.25, 0.3) is 0 Å². The first kappa shape index (κ1) is 18.5. The highest BCUT2D eigenvalue weighted by Gasteiger charge is 2.37. The molecule has 122 valence electrons. The Morgan fingerprint density at radius 1 is 1.27 bits per heavy atom. The predicted octanol–water partition coefficient (Wildman–Crippen LogP) is 2.38. The van der Waals surface area contributed by atoms with Crippen molar-refractivity contribution in [3.63, 3.8) is 0 Å². The van der Waals surface area contributed by atoms with Gasteiger partial charge in [0.05, 0.1) is 5.54 Å². The standard InChI is InChI=1S/C16H23N3O2.ClH/c1-3-18-14(20)12-7-6-11(2)13(10-12)19-15(21)16(17)8-4-5-9-16;/h6-7,10H,3-5,8-9,17H2,1-2H3,(H,18,20)(H,19,21);1H. The summed E-state index contributed by atoms with van der Waals surface area (Å²) in [6.07, 6.45) is 3.41. The van der Waals surface area contributed by atoms with Crippen molar-refractivity contribution in [1.29, 1.82) is 0 Å². The number of hydrogen-bond acceptors (Lipinski definition) is 3. The average Bonchev–Trinajstić information content (AvgIpc) is 2.89. The fourth-order valence-corrected chi connectivity index (χ4v) is 2.64. The Kier molecular flexibility index (Phi) is 6.38. The van der Waals surface area contributed by atoms with E-state index >= 15 is 0 Å². The van der Waals surface area contributed by atoms with Crippen molar-refractivity contribution in [3.8, 4) is 0 Å². The van der Waals surface area contributed by atoms with Gasteiger partial charge in [-0.25, -0.2) is 0 Å². The van der Waals surface area contributed by atoms with Crippen LogP contribution in [0, 0.1) is 6.92 Å². The van der Waals surface area contributed by atoms with Crippen LogP contribution in [-0.4, -0.2) is 23.9 Å². The van der Waals surface area contributed by atoms with Crippen molar-refractivity contribution in [3.05, 3.63) is 29.3 Å². The Labute approximate surface area is 137 Å². The van der Waals surface area contributed by atoms with Gasteiger partial charge in [-0.2, -0.15) is 0 Å². The van der Waals surface area contributed by atoms with Crippen molar-refractivity contribution >= 4 is 29.9 Å². The van der Waals surface area contributed by atoms with Gasteiger partial charge in [0.25, 0.3) is 5.91 Å². The number of amides is 2. The Hall–Kier alpha value is -1.59.